The fraction of sp³-hybridized carbons (Fsp3) is 0.200. The molecule has 0 aliphatic rings. The first-order valence-corrected chi connectivity index (χ1v) is 4.94. The number of Topliss-reactive ketones (excluding diaryl/α,β-unsaturated/α-hetero) is 1. The average Bonchev–Trinajstić information content (AvgIpc) is 2.23. The minimum absolute atomic E-state index is 0.223. The van der Waals surface area contributed by atoms with Crippen LogP contribution < -0.4 is 5.32 Å². The third-order valence-corrected chi connectivity index (χ3v) is 2.24. The number of nitrogens with one attached hydrogen (secondary N) is 1. The highest BCUT2D eigenvalue weighted by Crippen LogP contribution is 2.22. The molecule has 0 saturated carbocycles. The fourth-order valence-corrected chi connectivity index (χ4v) is 1.35. The lowest BCUT2D eigenvalue weighted by Gasteiger charge is -2.05. The summed E-state index contributed by atoms with van der Waals surface area (Å²) in [5.41, 5.74) is -0.746. The lowest BCUT2D eigenvalue weighted by Crippen LogP contribution is -2.24. The first kappa shape index (κ1) is 13.4. The summed E-state index contributed by atoms with van der Waals surface area (Å²) in [7, 11) is 0. The van der Waals surface area contributed by atoms with Gasteiger partial charge in [-0.2, -0.15) is 0 Å². The predicted molar refractivity (Wildman–Crippen MR) is 56.3 cm³/mol. The molecule has 0 saturated heterocycles. The van der Waals surface area contributed by atoms with E-state index in [-0.39, 0.29) is 18.0 Å². The van der Waals surface area contributed by atoms with Crippen LogP contribution in [0.2, 0.25) is 5.02 Å². The molecule has 17 heavy (non-hydrogen) atoms. The van der Waals surface area contributed by atoms with Crippen LogP contribution in [0.5, 0.6) is 0 Å². The van der Waals surface area contributed by atoms with Gasteiger partial charge in [-0.3, -0.25) is 4.79 Å². The number of carboxylic acid groups (broad SMARTS) is 1. The summed E-state index contributed by atoms with van der Waals surface area (Å²) in [5, 5.41) is 9.82. The first-order chi connectivity index (χ1) is 7.93. The second kappa shape index (κ2) is 5.58. The summed E-state index contributed by atoms with van der Waals surface area (Å²) in [6.07, 6.45) is -1.66. The summed E-state index contributed by atoms with van der Waals surface area (Å²) in [6, 6.07) is 1.88. The summed E-state index contributed by atoms with van der Waals surface area (Å²) in [5.74, 6) is -3.00. The lowest BCUT2D eigenvalue weighted by molar-refractivity contribution is 0.0975. The van der Waals surface area contributed by atoms with Gasteiger partial charge in [0.15, 0.2) is 11.6 Å². The molecule has 1 aromatic carbocycles. The van der Waals surface area contributed by atoms with E-state index in [9.17, 15) is 18.4 Å². The van der Waals surface area contributed by atoms with Gasteiger partial charge < -0.3 is 10.4 Å². The van der Waals surface area contributed by atoms with E-state index < -0.39 is 29.1 Å². The summed E-state index contributed by atoms with van der Waals surface area (Å²) in [6.45, 7) is -0.223. The van der Waals surface area contributed by atoms with Crippen molar-refractivity contribution in [3.8, 4) is 0 Å². The van der Waals surface area contributed by atoms with Gasteiger partial charge in [0.1, 0.15) is 5.82 Å². The number of rotatable bonds is 4. The van der Waals surface area contributed by atoms with E-state index in [0.29, 0.717) is 0 Å². The minimum Gasteiger partial charge on any atom is -0.465 e. The zero-order valence-corrected chi connectivity index (χ0v) is 9.22. The molecular weight excluding hydrogens is 256 g/mol. The van der Waals surface area contributed by atoms with E-state index in [1.165, 1.54) is 0 Å². The van der Waals surface area contributed by atoms with Crippen molar-refractivity contribution in [3.05, 3.63) is 34.4 Å². The Morgan fingerprint density at radius 1 is 1.35 bits per heavy atom. The molecule has 1 rings (SSSR count). The van der Waals surface area contributed by atoms with Gasteiger partial charge in [0, 0.05) is 13.0 Å². The van der Waals surface area contributed by atoms with Crippen molar-refractivity contribution in [1.82, 2.24) is 5.32 Å². The predicted octanol–water partition coefficient (Wildman–Crippen LogP) is 2.46. The number of benzene rings is 1. The highest BCUT2D eigenvalue weighted by Gasteiger charge is 2.19. The Hall–Kier alpha value is -1.69. The van der Waals surface area contributed by atoms with Crippen LogP contribution in [0.3, 0.4) is 0 Å². The quantitative estimate of drug-likeness (QED) is 0.648. The van der Waals surface area contributed by atoms with E-state index in [4.69, 9.17) is 16.7 Å². The van der Waals surface area contributed by atoms with E-state index in [2.05, 4.69) is 0 Å². The van der Waals surface area contributed by atoms with Crippen molar-refractivity contribution in [1.29, 1.82) is 0 Å². The molecule has 7 heteroatoms. The van der Waals surface area contributed by atoms with Gasteiger partial charge in [0.25, 0.3) is 0 Å². The zero-order chi connectivity index (χ0) is 13.0. The van der Waals surface area contributed by atoms with Crippen LogP contribution >= 0.6 is 11.6 Å². The monoisotopic (exact) mass is 263 g/mol. The number of hydrogen-bond acceptors (Lipinski definition) is 2. The maximum absolute atomic E-state index is 13.4. The molecule has 0 bridgehead atoms. The van der Waals surface area contributed by atoms with Gasteiger partial charge in [-0.25, -0.2) is 13.6 Å². The minimum atomic E-state index is -1.31. The van der Waals surface area contributed by atoms with Crippen LogP contribution in [-0.4, -0.2) is 23.5 Å². The van der Waals surface area contributed by atoms with Crippen LogP contribution in [0.25, 0.3) is 0 Å². The smallest absolute Gasteiger partial charge is 0.404 e. The second-order valence-corrected chi connectivity index (χ2v) is 3.53. The van der Waals surface area contributed by atoms with Gasteiger partial charge >= 0.3 is 6.09 Å². The van der Waals surface area contributed by atoms with Crippen molar-refractivity contribution < 1.29 is 23.5 Å². The molecule has 0 fully saturated rings. The Bertz CT molecular complexity index is 465. The summed E-state index contributed by atoms with van der Waals surface area (Å²) >= 11 is 5.41. The number of carbonyl (C=O) groups is 2. The molecule has 1 amide bonds. The average molecular weight is 264 g/mol. The molecule has 1 aromatic rings. The SMILES string of the molecule is O=C(O)NCCC(=O)c1c(F)ccc(Cl)c1F. The van der Waals surface area contributed by atoms with Crippen molar-refractivity contribution >= 4 is 23.5 Å². The molecular formula is C10H8ClF2NO3. The normalized spacial score (nSPS) is 10.1. The maximum atomic E-state index is 13.4. The van der Waals surface area contributed by atoms with Gasteiger partial charge in [0.2, 0.25) is 0 Å². The Labute approximate surface area is 100 Å². The molecule has 0 aliphatic carbocycles. The standard InChI is InChI=1S/C10H8ClF2NO3/c11-5-1-2-6(12)8(9(5)13)7(15)3-4-14-10(16)17/h1-2,14H,3-4H2,(H,16,17). The molecule has 0 atom stereocenters. The van der Waals surface area contributed by atoms with Crippen molar-refractivity contribution in [2.24, 2.45) is 0 Å². The molecule has 0 aromatic heterocycles. The van der Waals surface area contributed by atoms with E-state index >= 15 is 0 Å². The summed E-state index contributed by atoms with van der Waals surface area (Å²) in [4.78, 5) is 21.6. The summed E-state index contributed by atoms with van der Waals surface area (Å²) < 4.78 is 26.6. The van der Waals surface area contributed by atoms with Crippen LogP contribution in [0, 0.1) is 11.6 Å². The second-order valence-electron chi connectivity index (χ2n) is 3.12. The topological polar surface area (TPSA) is 66.4 Å². The van der Waals surface area contributed by atoms with Gasteiger partial charge in [0.05, 0.1) is 10.6 Å². The number of ketones is 1. The molecule has 0 heterocycles. The Balaban J connectivity index is 2.82. The molecule has 92 valence electrons. The number of amides is 1. The third-order valence-electron chi connectivity index (χ3n) is 1.95. The number of hydrogen-bond donors (Lipinski definition) is 2. The van der Waals surface area contributed by atoms with Crippen molar-refractivity contribution in [2.45, 2.75) is 6.42 Å². The highest BCUT2D eigenvalue weighted by molar-refractivity contribution is 6.31. The van der Waals surface area contributed by atoms with Crippen LogP contribution in [-0.2, 0) is 0 Å². The number of halogens is 3. The first-order valence-electron chi connectivity index (χ1n) is 4.57. The molecule has 0 spiro atoms. The van der Waals surface area contributed by atoms with Gasteiger partial charge in [-0.1, -0.05) is 11.6 Å². The Kier molecular flexibility index (Phi) is 4.39. The molecule has 4 nitrogen and oxygen atoms in total. The molecule has 0 aliphatic heterocycles. The van der Waals surface area contributed by atoms with Crippen LogP contribution in [0.4, 0.5) is 13.6 Å². The van der Waals surface area contributed by atoms with Crippen LogP contribution in [0.15, 0.2) is 12.1 Å². The maximum Gasteiger partial charge on any atom is 0.404 e. The van der Waals surface area contributed by atoms with Gasteiger partial charge in [-0.05, 0) is 12.1 Å². The van der Waals surface area contributed by atoms with E-state index in [1.807, 2.05) is 5.32 Å². The highest BCUT2D eigenvalue weighted by atomic mass is 35.5. The largest absolute Gasteiger partial charge is 0.465 e. The number of carbonyl (C=O) groups excluding carboxylic acids is 1. The van der Waals surface area contributed by atoms with Crippen molar-refractivity contribution in [2.75, 3.05) is 6.54 Å². The van der Waals surface area contributed by atoms with E-state index in [1.54, 1.807) is 0 Å². The van der Waals surface area contributed by atoms with Gasteiger partial charge in [-0.15, -0.1) is 0 Å². The Morgan fingerprint density at radius 2 is 2.00 bits per heavy atom. The fourth-order valence-electron chi connectivity index (χ4n) is 1.19. The Morgan fingerprint density at radius 3 is 2.59 bits per heavy atom. The third kappa shape index (κ3) is 3.39. The van der Waals surface area contributed by atoms with Crippen LogP contribution in [0.1, 0.15) is 16.8 Å². The zero-order valence-electron chi connectivity index (χ0n) is 8.47. The molecule has 0 radical (unpaired) electrons. The van der Waals surface area contributed by atoms with E-state index in [0.717, 1.165) is 12.1 Å². The molecule has 0 unspecified atom stereocenters. The van der Waals surface area contributed by atoms with Crippen molar-refractivity contribution in [3.63, 3.8) is 0 Å². The lowest BCUT2D eigenvalue weighted by atomic mass is 10.1. The molecule has 2 N–H and O–H groups in total.